The Balaban J connectivity index is 2.24. The minimum absolute atomic E-state index is 0.0894. The molecule has 0 aliphatic carbocycles. The fraction of sp³-hybridized carbons (Fsp3) is 0.588. The summed E-state index contributed by atoms with van der Waals surface area (Å²) >= 11 is 0. The number of carbonyl (C=O) groups excluding carboxylic acids is 1. The molecule has 0 aromatic heterocycles. The molecule has 1 amide bonds. The normalized spacial score (nSPS) is 17.1. The molecule has 2 rings (SSSR count). The zero-order chi connectivity index (χ0) is 15.4. The monoisotopic (exact) mass is 290 g/mol. The van der Waals surface area contributed by atoms with E-state index >= 15 is 0 Å². The van der Waals surface area contributed by atoms with Gasteiger partial charge in [-0.1, -0.05) is 24.6 Å². The fourth-order valence-electron chi connectivity index (χ4n) is 3.21. The number of ether oxygens (including phenoxy) is 1. The number of likely N-dealkylation sites (N-methyl/N-ethyl adjacent to an activating group) is 1. The van der Waals surface area contributed by atoms with Crippen molar-refractivity contribution in [3.63, 3.8) is 0 Å². The van der Waals surface area contributed by atoms with Crippen LogP contribution in [0.2, 0.25) is 0 Å². The summed E-state index contributed by atoms with van der Waals surface area (Å²) in [6, 6.07) is 4.61. The zero-order valence-electron chi connectivity index (χ0n) is 13.5. The van der Waals surface area contributed by atoms with Crippen molar-refractivity contribution in [2.75, 3.05) is 32.8 Å². The Labute approximate surface area is 127 Å². The van der Waals surface area contributed by atoms with Crippen LogP contribution in [-0.2, 0) is 9.53 Å². The molecule has 0 spiro atoms. The highest BCUT2D eigenvalue weighted by molar-refractivity contribution is 5.78. The standard InChI is InChI=1S/C17H26N2O2/c1-5-18-15(10-19-6-7-21-11-16(19)20)17-13(3)8-12(2)9-14(17)4/h8-9,15,18H,5-7,10-11H2,1-4H3. The van der Waals surface area contributed by atoms with Gasteiger partial charge in [-0.05, 0) is 44.0 Å². The molecule has 1 heterocycles. The average molecular weight is 290 g/mol. The molecular formula is C17H26N2O2. The number of nitrogens with one attached hydrogen (secondary N) is 1. The number of carbonyl (C=O) groups is 1. The van der Waals surface area contributed by atoms with Crippen LogP contribution >= 0.6 is 0 Å². The first-order chi connectivity index (χ1) is 10.0. The van der Waals surface area contributed by atoms with Crippen LogP contribution in [0.4, 0.5) is 0 Å². The Kier molecular flexibility index (Phi) is 5.37. The third-order valence-electron chi connectivity index (χ3n) is 4.02. The van der Waals surface area contributed by atoms with Gasteiger partial charge in [0.15, 0.2) is 0 Å². The molecule has 1 aromatic carbocycles. The molecule has 1 unspecified atom stereocenters. The summed E-state index contributed by atoms with van der Waals surface area (Å²) in [5.41, 5.74) is 5.19. The van der Waals surface area contributed by atoms with Gasteiger partial charge in [0.2, 0.25) is 5.91 Å². The predicted octanol–water partition coefficient (Wildman–Crippen LogP) is 2.12. The molecule has 0 bridgehead atoms. The molecule has 116 valence electrons. The molecule has 21 heavy (non-hydrogen) atoms. The van der Waals surface area contributed by atoms with Crippen LogP contribution < -0.4 is 5.32 Å². The van der Waals surface area contributed by atoms with Gasteiger partial charge in [-0.25, -0.2) is 0 Å². The van der Waals surface area contributed by atoms with Gasteiger partial charge in [0.25, 0.3) is 0 Å². The molecule has 4 heteroatoms. The maximum Gasteiger partial charge on any atom is 0.248 e. The van der Waals surface area contributed by atoms with Gasteiger partial charge in [-0.15, -0.1) is 0 Å². The van der Waals surface area contributed by atoms with Gasteiger partial charge in [-0.3, -0.25) is 4.79 Å². The SMILES string of the molecule is CCNC(CN1CCOCC1=O)c1c(C)cc(C)cc1C. The van der Waals surface area contributed by atoms with E-state index < -0.39 is 0 Å². The lowest BCUT2D eigenvalue weighted by molar-refractivity contribution is -0.143. The van der Waals surface area contributed by atoms with Gasteiger partial charge in [0.05, 0.1) is 12.6 Å². The Morgan fingerprint density at radius 1 is 1.29 bits per heavy atom. The first-order valence-corrected chi connectivity index (χ1v) is 7.69. The molecule has 1 atom stereocenters. The van der Waals surface area contributed by atoms with E-state index in [1.807, 2.05) is 4.90 Å². The van der Waals surface area contributed by atoms with E-state index in [0.717, 1.165) is 6.54 Å². The van der Waals surface area contributed by atoms with Crippen molar-refractivity contribution < 1.29 is 9.53 Å². The maximum absolute atomic E-state index is 12.0. The fourth-order valence-corrected chi connectivity index (χ4v) is 3.21. The molecule has 1 fully saturated rings. The first kappa shape index (κ1) is 16.0. The van der Waals surface area contributed by atoms with E-state index in [4.69, 9.17) is 4.74 Å². The van der Waals surface area contributed by atoms with E-state index in [-0.39, 0.29) is 18.6 Å². The Morgan fingerprint density at radius 2 is 1.95 bits per heavy atom. The molecule has 4 nitrogen and oxygen atoms in total. The highest BCUT2D eigenvalue weighted by Gasteiger charge is 2.24. The summed E-state index contributed by atoms with van der Waals surface area (Å²) < 4.78 is 5.21. The number of hydrogen-bond acceptors (Lipinski definition) is 3. The van der Waals surface area contributed by atoms with Gasteiger partial charge in [0.1, 0.15) is 6.61 Å². The molecule has 0 radical (unpaired) electrons. The molecule has 0 saturated carbocycles. The largest absolute Gasteiger partial charge is 0.370 e. The molecule has 1 aliphatic heterocycles. The summed E-state index contributed by atoms with van der Waals surface area (Å²) in [6.07, 6.45) is 0. The summed E-state index contributed by atoms with van der Waals surface area (Å²) in [5, 5.41) is 3.53. The van der Waals surface area contributed by atoms with E-state index in [0.29, 0.717) is 19.7 Å². The topological polar surface area (TPSA) is 41.6 Å². The lowest BCUT2D eigenvalue weighted by Crippen LogP contribution is -2.46. The smallest absolute Gasteiger partial charge is 0.248 e. The van der Waals surface area contributed by atoms with E-state index in [9.17, 15) is 4.79 Å². The lowest BCUT2D eigenvalue weighted by Gasteiger charge is -2.32. The number of morpholine rings is 1. The number of benzene rings is 1. The molecule has 1 aliphatic rings. The van der Waals surface area contributed by atoms with Gasteiger partial charge < -0.3 is 15.0 Å². The minimum Gasteiger partial charge on any atom is -0.370 e. The Morgan fingerprint density at radius 3 is 2.52 bits per heavy atom. The number of hydrogen-bond donors (Lipinski definition) is 1. The first-order valence-electron chi connectivity index (χ1n) is 7.69. The second-order valence-electron chi connectivity index (χ2n) is 5.81. The van der Waals surface area contributed by atoms with Crippen molar-refractivity contribution in [2.45, 2.75) is 33.7 Å². The molecule has 1 saturated heterocycles. The van der Waals surface area contributed by atoms with Crippen molar-refractivity contribution >= 4 is 5.91 Å². The van der Waals surface area contributed by atoms with Crippen LogP contribution in [0.5, 0.6) is 0 Å². The van der Waals surface area contributed by atoms with Crippen LogP contribution in [0.25, 0.3) is 0 Å². The zero-order valence-corrected chi connectivity index (χ0v) is 13.5. The summed E-state index contributed by atoms with van der Waals surface area (Å²) in [7, 11) is 0. The van der Waals surface area contributed by atoms with Crippen LogP contribution in [0.1, 0.15) is 35.2 Å². The van der Waals surface area contributed by atoms with Gasteiger partial charge in [0, 0.05) is 13.1 Å². The highest BCUT2D eigenvalue weighted by atomic mass is 16.5. The lowest BCUT2D eigenvalue weighted by atomic mass is 9.93. The van der Waals surface area contributed by atoms with Crippen molar-refractivity contribution in [3.8, 4) is 0 Å². The summed E-state index contributed by atoms with van der Waals surface area (Å²) in [4.78, 5) is 13.9. The van der Waals surface area contributed by atoms with E-state index in [1.165, 1.54) is 22.3 Å². The van der Waals surface area contributed by atoms with Crippen LogP contribution in [-0.4, -0.2) is 43.7 Å². The Bertz CT molecular complexity index is 491. The maximum atomic E-state index is 12.0. The molecule has 1 aromatic rings. The van der Waals surface area contributed by atoms with Crippen molar-refractivity contribution in [3.05, 3.63) is 34.4 Å². The number of nitrogens with zero attached hydrogens (tertiary/aromatic N) is 1. The summed E-state index contributed by atoms with van der Waals surface area (Å²) in [5.74, 6) is 0.0894. The van der Waals surface area contributed by atoms with Gasteiger partial charge >= 0.3 is 0 Å². The van der Waals surface area contributed by atoms with Crippen molar-refractivity contribution in [1.29, 1.82) is 0 Å². The highest BCUT2D eigenvalue weighted by Crippen LogP contribution is 2.25. The van der Waals surface area contributed by atoms with Crippen molar-refractivity contribution in [2.24, 2.45) is 0 Å². The predicted molar refractivity (Wildman–Crippen MR) is 84.5 cm³/mol. The molecular weight excluding hydrogens is 264 g/mol. The van der Waals surface area contributed by atoms with Gasteiger partial charge in [-0.2, -0.15) is 0 Å². The quantitative estimate of drug-likeness (QED) is 0.903. The molecule has 1 N–H and O–H groups in total. The van der Waals surface area contributed by atoms with E-state index in [2.05, 4.69) is 45.1 Å². The third kappa shape index (κ3) is 3.83. The Hall–Kier alpha value is -1.39. The van der Waals surface area contributed by atoms with Crippen molar-refractivity contribution in [1.82, 2.24) is 10.2 Å². The second kappa shape index (κ2) is 7.05. The van der Waals surface area contributed by atoms with E-state index in [1.54, 1.807) is 0 Å². The second-order valence-corrected chi connectivity index (χ2v) is 5.81. The number of amides is 1. The van der Waals surface area contributed by atoms with Crippen LogP contribution in [0.3, 0.4) is 0 Å². The van der Waals surface area contributed by atoms with Crippen LogP contribution in [0.15, 0.2) is 12.1 Å². The number of rotatable bonds is 5. The summed E-state index contributed by atoms with van der Waals surface area (Å²) in [6.45, 7) is 11.7. The number of aryl methyl sites for hydroxylation is 3. The third-order valence-corrected chi connectivity index (χ3v) is 4.02. The average Bonchev–Trinajstić information content (AvgIpc) is 2.40. The minimum atomic E-state index is 0.0894. The van der Waals surface area contributed by atoms with Crippen LogP contribution in [0, 0.1) is 20.8 Å².